The molecule has 0 aliphatic heterocycles. The highest BCUT2D eigenvalue weighted by Gasteiger charge is 2.27. The van der Waals surface area contributed by atoms with E-state index in [0.717, 1.165) is 11.8 Å². The third kappa shape index (κ3) is 5.51. The maximum absolute atomic E-state index is 13.6. The summed E-state index contributed by atoms with van der Waals surface area (Å²) in [5.74, 6) is -0.808. The molecular weight excluding hydrogens is 298 g/mol. The van der Waals surface area contributed by atoms with E-state index in [1.54, 1.807) is 11.8 Å². The van der Waals surface area contributed by atoms with Gasteiger partial charge in [-0.15, -0.1) is 0 Å². The lowest BCUT2D eigenvalue weighted by atomic mass is 9.95. The minimum atomic E-state index is -1.63. The summed E-state index contributed by atoms with van der Waals surface area (Å²) in [7, 11) is 0. The van der Waals surface area contributed by atoms with Gasteiger partial charge in [0.1, 0.15) is 17.2 Å². The van der Waals surface area contributed by atoms with E-state index in [1.807, 2.05) is 13.2 Å². The van der Waals surface area contributed by atoms with E-state index in [0.29, 0.717) is 6.07 Å². The zero-order valence-corrected chi connectivity index (χ0v) is 13.1. The molecule has 0 bridgehead atoms. The zero-order chi connectivity index (χ0) is 16.0. The molecule has 4 nitrogen and oxygen atoms in total. The van der Waals surface area contributed by atoms with Crippen LogP contribution in [-0.4, -0.2) is 35.7 Å². The van der Waals surface area contributed by atoms with Crippen molar-refractivity contribution in [2.24, 2.45) is 0 Å². The summed E-state index contributed by atoms with van der Waals surface area (Å²) >= 11 is 1.60. The fourth-order valence-corrected chi connectivity index (χ4v) is 2.42. The second-order valence-corrected chi connectivity index (χ2v) is 5.99. The van der Waals surface area contributed by atoms with Gasteiger partial charge in [0, 0.05) is 23.4 Å². The molecule has 0 aliphatic carbocycles. The van der Waals surface area contributed by atoms with E-state index in [1.165, 1.54) is 13.0 Å². The van der Waals surface area contributed by atoms with E-state index in [4.69, 9.17) is 0 Å². The predicted octanol–water partition coefficient (Wildman–Crippen LogP) is 2.22. The number of aliphatic hydroxyl groups is 1. The van der Waals surface area contributed by atoms with Crippen molar-refractivity contribution >= 4 is 17.8 Å². The minimum Gasteiger partial charge on any atom is -0.383 e. The van der Waals surface area contributed by atoms with Gasteiger partial charge in [0.2, 0.25) is 0 Å². The highest BCUT2D eigenvalue weighted by molar-refractivity contribution is 7.98. The average Bonchev–Trinajstić information content (AvgIpc) is 2.36. The van der Waals surface area contributed by atoms with Crippen LogP contribution in [0.2, 0.25) is 0 Å². The molecule has 1 rings (SSSR count). The largest absolute Gasteiger partial charge is 0.383 e. The third-order valence-electron chi connectivity index (χ3n) is 2.90. The van der Waals surface area contributed by atoms with Gasteiger partial charge in [-0.05, 0) is 26.2 Å². The molecule has 0 heterocycles. The number of thioether (sulfide) groups is 1. The number of rotatable bonds is 6. The fourth-order valence-electron chi connectivity index (χ4n) is 1.84. The SMILES string of the molecule is CSCC(C)NC(=O)NCC(C)(O)c1ccc(F)cc1F. The molecule has 2 unspecified atom stereocenters. The van der Waals surface area contributed by atoms with Crippen LogP contribution in [0.4, 0.5) is 13.6 Å². The Balaban J connectivity index is 2.62. The van der Waals surface area contributed by atoms with Gasteiger partial charge in [-0.2, -0.15) is 11.8 Å². The summed E-state index contributed by atoms with van der Waals surface area (Å²) in [6.07, 6.45) is 1.93. The minimum absolute atomic E-state index is 0.0208. The maximum Gasteiger partial charge on any atom is 0.315 e. The fraction of sp³-hybridized carbons (Fsp3) is 0.500. The summed E-state index contributed by atoms with van der Waals surface area (Å²) in [6.45, 7) is 3.02. The van der Waals surface area contributed by atoms with Crippen molar-refractivity contribution in [2.75, 3.05) is 18.6 Å². The molecule has 2 amide bonds. The van der Waals surface area contributed by atoms with Crippen LogP contribution in [0.25, 0.3) is 0 Å². The Bertz CT molecular complexity index is 498. The number of carbonyl (C=O) groups excluding carboxylic acids is 1. The number of amides is 2. The quantitative estimate of drug-likeness (QED) is 0.754. The lowest BCUT2D eigenvalue weighted by Crippen LogP contribution is -2.46. The van der Waals surface area contributed by atoms with Gasteiger partial charge in [0.05, 0.1) is 6.54 Å². The van der Waals surface area contributed by atoms with Crippen LogP contribution in [-0.2, 0) is 5.60 Å². The first-order valence-corrected chi connectivity index (χ1v) is 7.87. The summed E-state index contributed by atoms with van der Waals surface area (Å²) in [4.78, 5) is 11.6. The Labute approximate surface area is 127 Å². The van der Waals surface area contributed by atoms with E-state index in [2.05, 4.69) is 10.6 Å². The van der Waals surface area contributed by atoms with Crippen LogP contribution >= 0.6 is 11.8 Å². The van der Waals surface area contributed by atoms with Gasteiger partial charge in [-0.3, -0.25) is 0 Å². The number of benzene rings is 1. The molecule has 7 heteroatoms. The molecule has 0 spiro atoms. The van der Waals surface area contributed by atoms with Crippen molar-refractivity contribution in [3.8, 4) is 0 Å². The van der Waals surface area contributed by atoms with E-state index in [9.17, 15) is 18.7 Å². The van der Waals surface area contributed by atoms with Crippen molar-refractivity contribution in [3.05, 3.63) is 35.4 Å². The third-order valence-corrected chi connectivity index (χ3v) is 3.73. The predicted molar refractivity (Wildman–Crippen MR) is 80.3 cm³/mol. The highest BCUT2D eigenvalue weighted by atomic mass is 32.2. The first kappa shape index (κ1) is 17.7. The van der Waals surface area contributed by atoms with Crippen LogP contribution in [0, 0.1) is 11.6 Å². The van der Waals surface area contributed by atoms with Crippen molar-refractivity contribution in [3.63, 3.8) is 0 Å². The molecule has 3 N–H and O–H groups in total. The Hall–Kier alpha value is -1.34. The standard InChI is InChI=1S/C14H20F2N2O2S/c1-9(7-21-3)18-13(19)17-8-14(2,20)11-5-4-10(15)6-12(11)16/h4-6,9,20H,7-8H2,1-3H3,(H2,17,18,19). The van der Waals surface area contributed by atoms with Crippen molar-refractivity contribution in [1.29, 1.82) is 0 Å². The Morgan fingerprint density at radius 1 is 1.48 bits per heavy atom. The normalized spacial score (nSPS) is 15.1. The molecule has 1 aromatic rings. The molecule has 21 heavy (non-hydrogen) atoms. The Kier molecular flexibility index (Phi) is 6.42. The van der Waals surface area contributed by atoms with Gasteiger partial charge in [-0.1, -0.05) is 6.07 Å². The Morgan fingerprint density at radius 2 is 2.14 bits per heavy atom. The van der Waals surface area contributed by atoms with Crippen LogP contribution in [0.1, 0.15) is 19.4 Å². The molecular formula is C14H20F2N2O2S. The van der Waals surface area contributed by atoms with Crippen LogP contribution in [0.5, 0.6) is 0 Å². The topological polar surface area (TPSA) is 61.4 Å². The molecule has 0 saturated carbocycles. The van der Waals surface area contributed by atoms with Crippen molar-refractivity contribution in [1.82, 2.24) is 10.6 Å². The average molecular weight is 318 g/mol. The first-order chi connectivity index (χ1) is 9.76. The van der Waals surface area contributed by atoms with E-state index >= 15 is 0 Å². The highest BCUT2D eigenvalue weighted by Crippen LogP contribution is 2.23. The van der Waals surface area contributed by atoms with Gasteiger partial charge in [-0.25, -0.2) is 13.6 Å². The van der Waals surface area contributed by atoms with Crippen LogP contribution < -0.4 is 10.6 Å². The zero-order valence-electron chi connectivity index (χ0n) is 12.2. The molecule has 0 fully saturated rings. The monoisotopic (exact) mass is 318 g/mol. The maximum atomic E-state index is 13.6. The van der Waals surface area contributed by atoms with Gasteiger partial charge >= 0.3 is 6.03 Å². The second kappa shape index (κ2) is 7.61. The lowest BCUT2D eigenvalue weighted by molar-refractivity contribution is 0.0554. The van der Waals surface area contributed by atoms with Gasteiger partial charge < -0.3 is 15.7 Å². The molecule has 0 aliphatic rings. The van der Waals surface area contributed by atoms with E-state index < -0.39 is 23.3 Å². The second-order valence-electron chi connectivity index (χ2n) is 5.08. The number of carbonyl (C=O) groups is 1. The molecule has 2 atom stereocenters. The number of halogens is 2. The van der Waals surface area contributed by atoms with Gasteiger partial charge in [0.25, 0.3) is 0 Å². The van der Waals surface area contributed by atoms with Crippen molar-refractivity contribution in [2.45, 2.75) is 25.5 Å². The summed E-state index contributed by atoms with van der Waals surface area (Å²) in [6, 6.07) is 2.46. The van der Waals surface area contributed by atoms with E-state index in [-0.39, 0.29) is 18.2 Å². The van der Waals surface area contributed by atoms with Gasteiger partial charge in [0.15, 0.2) is 0 Å². The summed E-state index contributed by atoms with van der Waals surface area (Å²) < 4.78 is 26.5. The smallest absolute Gasteiger partial charge is 0.315 e. The molecule has 118 valence electrons. The number of nitrogens with one attached hydrogen (secondary N) is 2. The molecule has 0 aromatic heterocycles. The molecule has 0 radical (unpaired) electrons. The number of urea groups is 1. The van der Waals surface area contributed by atoms with Crippen molar-refractivity contribution < 1.29 is 18.7 Å². The Morgan fingerprint density at radius 3 is 2.71 bits per heavy atom. The lowest BCUT2D eigenvalue weighted by Gasteiger charge is -2.25. The van der Waals surface area contributed by atoms with Crippen LogP contribution in [0.15, 0.2) is 18.2 Å². The summed E-state index contributed by atoms with van der Waals surface area (Å²) in [5, 5.41) is 15.4. The number of hydrogen-bond acceptors (Lipinski definition) is 3. The molecule has 1 aromatic carbocycles. The first-order valence-electron chi connectivity index (χ1n) is 6.47. The van der Waals surface area contributed by atoms with Crippen LogP contribution in [0.3, 0.4) is 0 Å². The summed E-state index contributed by atoms with van der Waals surface area (Å²) in [5.41, 5.74) is -1.70. The molecule has 0 saturated heterocycles. The number of hydrogen-bond donors (Lipinski definition) is 3.